The maximum atomic E-state index is 11.6. The van der Waals surface area contributed by atoms with Crippen LogP contribution in [-0.4, -0.2) is 11.5 Å². The van der Waals surface area contributed by atoms with Gasteiger partial charge in [0.05, 0.1) is 0 Å². The van der Waals surface area contributed by atoms with Crippen LogP contribution in [-0.2, 0) is 5.75 Å². The number of ketones is 1. The Morgan fingerprint density at radius 2 is 2.23 bits per heavy atom. The van der Waals surface area contributed by atoms with E-state index in [0.29, 0.717) is 12.2 Å². The number of fused-ring (bicyclic) bond motifs is 1. The van der Waals surface area contributed by atoms with Crippen LogP contribution in [0.25, 0.3) is 0 Å². The molecular weight excluding hydrogens is 180 g/mol. The molecule has 13 heavy (non-hydrogen) atoms. The zero-order valence-electron chi connectivity index (χ0n) is 7.67. The van der Waals surface area contributed by atoms with E-state index in [1.165, 1.54) is 11.1 Å². The molecule has 0 saturated heterocycles. The number of rotatable bonds is 0. The zero-order chi connectivity index (χ0) is 9.26. The van der Waals surface area contributed by atoms with Gasteiger partial charge in [-0.15, -0.1) is 0 Å². The minimum absolute atomic E-state index is 0.309. The Morgan fingerprint density at radius 3 is 3.08 bits per heavy atom. The molecule has 0 radical (unpaired) electrons. The molecule has 0 atom stereocenters. The Hall–Kier alpha value is -0.760. The van der Waals surface area contributed by atoms with E-state index in [0.717, 1.165) is 17.1 Å². The summed E-state index contributed by atoms with van der Waals surface area (Å²) in [5.74, 6) is 2.26. The minimum atomic E-state index is 0.309. The summed E-state index contributed by atoms with van der Waals surface area (Å²) in [4.78, 5) is 11.6. The largest absolute Gasteiger partial charge is 0.294 e. The standard InChI is InChI=1S/C11H12OS/c1-8-2-3-9-7-13-5-4-11(12)10(9)6-8/h2-3,6H,4-5,7H2,1H3. The lowest BCUT2D eigenvalue weighted by molar-refractivity contribution is 0.0989. The van der Waals surface area contributed by atoms with Crippen molar-refractivity contribution in [2.24, 2.45) is 0 Å². The topological polar surface area (TPSA) is 17.1 Å². The highest BCUT2D eigenvalue weighted by Crippen LogP contribution is 2.24. The van der Waals surface area contributed by atoms with E-state index in [9.17, 15) is 4.79 Å². The van der Waals surface area contributed by atoms with Crippen molar-refractivity contribution < 1.29 is 4.79 Å². The number of benzene rings is 1. The summed E-state index contributed by atoms with van der Waals surface area (Å²) in [6.07, 6.45) is 0.696. The summed E-state index contributed by atoms with van der Waals surface area (Å²) < 4.78 is 0. The summed E-state index contributed by atoms with van der Waals surface area (Å²) in [7, 11) is 0. The fraction of sp³-hybridized carbons (Fsp3) is 0.364. The average molecular weight is 192 g/mol. The third-order valence-corrected chi connectivity index (χ3v) is 3.30. The van der Waals surface area contributed by atoms with E-state index in [4.69, 9.17) is 0 Å². The van der Waals surface area contributed by atoms with Gasteiger partial charge in [0.2, 0.25) is 0 Å². The predicted molar refractivity (Wildman–Crippen MR) is 56.3 cm³/mol. The van der Waals surface area contributed by atoms with Crippen molar-refractivity contribution in [1.82, 2.24) is 0 Å². The third-order valence-electron chi connectivity index (χ3n) is 2.30. The number of carbonyl (C=O) groups excluding carboxylic acids is 1. The molecule has 0 saturated carbocycles. The molecule has 1 aliphatic rings. The summed E-state index contributed by atoms with van der Waals surface area (Å²) >= 11 is 1.85. The maximum absolute atomic E-state index is 11.6. The van der Waals surface area contributed by atoms with Crippen LogP contribution in [0.3, 0.4) is 0 Å². The van der Waals surface area contributed by atoms with Crippen LogP contribution in [0.4, 0.5) is 0 Å². The van der Waals surface area contributed by atoms with Crippen molar-refractivity contribution in [3.8, 4) is 0 Å². The van der Waals surface area contributed by atoms with E-state index in [1.54, 1.807) is 0 Å². The van der Waals surface area contributed by atoms with E-state index in [2.05, 4.69) is 12.1 Å². The molecule has 2 heteroatoms. The molecule has 1 aliphatic heterocycles. The maximum Gasteiger partial charge on any atom is 0.164 e. The molecule has 0 unspecified atom stereocenters. The summed E-state index contributed by atoms with van der Waals surface area (Å²) in [5, 5.41) is 0. The van der Waals surface area contributed by atoms with Crippen LogP contribution < -0.4 is 0 Å². The minimum Gasteiger partial charge on any atom is -0.294 e. The van der Waals surface area contributed by atoms with Crippen LogP contribution in [0, 0.1) is 6.92 Å². The Bertz CT molecular complexity index is 344. The lowest BCUT2D eigenvalue weighted by Crippen LogP contribution is -2.01. The number of hydrogen-bond acceptors (Lipinski definition) is 2. The SMILES string of the molecule is Cc1ccc2c(c1)C(=O)CCSC2. The normalized spacial score (nSPS) is 16.5. The van der Waals surface area contributed by atoms with Gasteiger partial charge >= 0.3 is 0 Å². The second-order valence-electron chi connectivity index (χ2n) is 3.39. The molecule has 0 aromatic heterocycles. The molecule has 1 nitrogen and oxygen atoms in total. The molecule has 0 fully saturated rings. The smallest absolute Gasteiger partial charge is 0.164 e. The zero-order valence-corrected chi connectivity index (χ0v) is 8.49. The van der Waals surface area contributed by atoms with Gasteiger partial charge in [0, 0.05) is 23.5 Å². The number of Topliss-reactive ketones (excluding diaryl/α,β-unsaturated/α-hetero) is 1. The summed E-state index contributed by atoms with van der Waals surface area (Å²) in [6.45, 7) is 2.03. The van der Waals surface area contributed by atoms with Gasteiger partial charge in [-0.05, 0) is 18.6 Å². The number of thioether (sulfide) groups is 1. The molecular formula is C11H12OS. The van der Waals surface area contributed by atoms with Crippen molar-refractivity contribution >= 4 is 17.5 Å². The first kappa shape index (κ1) is 8.82. The monoisotopic (exact) mass is 192 g/mol. The summed E-state index contributed by atoms with van der Waals surface area (Å²) in [5.41, 5.74) is 3.34. The van der Waals surface area contributed by atoms with Crippen molar-refractivity contribution in [2.45, 2.75) is 19.1 Å². The van der Waals surface area contributed by atoms with Crippen LogP contribution in [0.15, 0.2) is 18.2 Å². The van der Waals surface area contributed by atoms with Crippen LogP contribution in [0.5, 0.6) is 0 Å². The molecule has 0 aliphatic carbocycles. The Labute approximate surface area is 82.5 Å². The van der Waals surface area contributed by atoms with Gasteiger partial charge in [-0.25, -0.2) is 0 Å². The van der Waals surface area contributed by atoms with Gasteiger partial charge in [0.15, 0.2) is 5.78 Å². The molecule has 1 aromatic rings. The quantitative estimate of drug-likeness (QED) is 0.628. The van der Waals surface area contributed by atoms with Gasteiger partial charge in [0.1, 0.15) is 0 Å². The fourth-order valence-electron chi connectivity index (χ4n) is 1.56. The van der Waals surface area contributed by atoms with Crippen molar-refractivity contribution in [2.75, 3.05) is 5.75 Å². The highest BCUT2D eigenvalue weighted by molar-refractivity contribution is 7.98. The molecule has 68 valence electrons. The Morgan fingerprint density at radius 1 is 1.38 bits per heavy atom. The van der Waals surface area contributed by atoms with Crippen LogP contribution in [0.1, 0.15) is 27.9 Å². The lowest BCUT2D eigenvalue weighted by Gasteiger charge is -2.04. The Kier molecular flexibility index (Phi) is 2.40. The highest BCUT2D eigenvalue weighted by atomic mass is 32.2. The summed E-state index contributed by atoms with van der Waals surface area (Å²) in [6, 6.07) is 6.18. The van der Waals surface area contributed by atoms with Gasteiger partial charge in [0.25, 0.3) is 0 Å². The molecule has 0 N–H and O–H groups in total. The van der Waals surface area contributed by atoms with Gasteiger partial charge in [-0.2, -0.15) is 11.8 Å². The Balaban J connectivity index is 2.49. The van der Waals surface area contributed by atoms with Gasteiger partial charge in [-0.1, -0.05) is 17.7 Å². The molecule has 1 heterocycles. The van der Waals surface area contributed by atoms with E-state index in [1.807, 2.05) is 24.8 Å². The van der Waals surface area contributed by atoms with Crippen molar-refractivity contribution in [3.05, 3.63) is 34.9 Å². The average Bonchev–Trinajstić information content (AvgIpc) is 2.29. The second-order valence-corrected chi connectivity index (χ2v) is 4.49. The van der Waals surface area contributed by atoms with Crippen molar-refractivity contribution in [3.63, 3.8) is 0 Å². The van der Waals surface area contributed by atoms with Gasteiger partial charge in [-0.3, -0.25) is 4.79 Å². The molecule has 0 bridgehead atoms. The number of carbonyl (C=O) groups is 1. The fourth-order valence-corrected chi connectivity index (χ4v) is 2.50. The third kappa shape index (κ3) is 1.78. The predicted octanol–water partition coefficient (Wildman–Crippen LogP) is 2.81. The first-order chi connectivity index (χ1) is 6.27. The van der Waals surface area contributed by atoms with Crippen LogP contribution >= 0.6 is 11.8 Å². The number of hydrogen-bond donors (Lipinski definition) is 0. The van der Waals surface area contributed by atoms with Gasteiger partial charge < -0.3 is 0 Å². The van der Waals surface area contributed by atoms with Crippen LogP contribution in [0.2, 0.25) is 0 Å². The molecule has 1 aromatic carbocycles. The van der Waals surface area contributed by atoms with E-state index >= 15 is 0 Å². The first-order valence-corrected chi connectivity index (χ1v) is 5.63. The van der Waals surface area contributed by atoms with Crippen molar-refractivity contribution in [1.29, 1.82) is 0 Å². The first-order valence-electron chi connectivity index (χ1n) is 4.48. The molecule has 0 amide bonds. The molecule has 0 spiro atoms. The van der Waals surface area contributed by atoms with E-state index < -0.39 is 0 Å². The highest BCUT2D eigenvalue weighted by Gasteiger charge is 2.14. The number of aryl methyl sites for hydroxylation is 1. The second kappa shape index (κ2) is 3.54. The molecule has 2 rings (SSSR count). The lowest BCUT2D eigenvalue weighted by atomic mass is 10.0. The van der Waals surface area contributed by atoms with E-state index in [-0.39, 0.29) is 0 Å².